The molecule has 0 unspecified atom stereocenters. The lowest BCUT2D eigenvalue weighted by Crippen LogP contribution is -2.18. The van der Waals surface area contributed by atoms with Gasteiger partial charge in [0.2, 0.25) is 4.96 Å². The molecule has 0 saturated heterocycles. The highest BCUT2D eigenvalue weighted by Crippen LogP contribution is 2.25. The van der Waals surface area contributed by atoms with Crippen LogP contribution in [0.25, 0.3) is 16.2 Å². The van der Waals surface area contributed by atoms with Gasteiger partial charge in [0, 0.05) is 21.8 Å². The average molecular weight is 428 g/mol. The first kappa shape index (κ1) is 16.9. The van der Waals surface area contributed by atoms with Gasteiger partial charge < -0.3 is 4.74 Å². The lowest BCUT2D eigenvalue weighted by molar-refractivity contribution is 0.414. The van der Waals surface area contributed by atoms with Crippen molar-refractivity contribution in [3.63, 3.8) is 0 Å². The molecule has 26 heavy (non-hydrogen) atoms. The number of aromatic nitrogens is 3. The molecule has 0 saturated carbocycles. The van der Waals surface area contributed by atoms with E-state index in [1.807, 2.05) is 53.9 Å². The molecule has 0 aliphatic carbocycles. The van der Waals surface area contributed by atoms with E-state index in [9.17, 15) is 4.79 Å². The Kier molecular flexibility index (Phi) is 4.57. The number of hydrogen-bond acceptors (Lipinski definition) is 5. The SMILES string of the molecule is COc1ccc(Cc2nn3c(-c4ccc(Br)cc4)csc3nc2=O)cc1. The van der Waals surface area contributed by atoms with Crippen molar-refractivity contribution in [2.45, 2.75) is 6.42 Å². The van der Waals surface area contributed by atoms with E-state index >= 15 is 0 Å². The summed E-state index contributed by atoms with van der Waals surface area (Å²) in [4.78, 5) is 17.1. The summed E-state index contributed by atoms with van der Waals surface area (Å²) < 4.78 is 7.92. The van der Waals surface area contributed by atoms with E-state index in [2.05, 4.69) is 26.0 Å². The minimum Gasteiger partial charge on any atom is -0.497 e. The highest BCUT2D eigenvalue weighted by atomic mass is 79.9. The Morgan fingerprint density at radius 1 is 1.12 bits per heavy atom. The molecule has 0 radical (unpaired) electrons. The van der Waals surface area contributed by atoms with E-state index in [1.54, 1.807) is 11.6 Å². The molecule has 130 valence electrons. The van der Waals surface area contributed by atoms with Crippen molar-refractivity contribution < 1.29 is 4.74 Å². The van der Waals surface area contributed by atoms with Crippen molar-refractivity contribution in [1.29, 1.82) is 0 Å². The van der Waals surface area contributed by atoms with E-state index in [1.165, 1.54) is 11.3 Å². The number of rotatable bonds is 4. The normalized spacial score (nSPS) is 11.0. The van der Waals surface area contributed by atoms with Gasteiger partial charge in [-0.3, -0.25) is 4.79 Å². The van der Waals surface area contributed by atoms with Crippen molar-refractivity contribution in [2.75, 3.05) is 7.11 Å². The Morgan fingerprint density at radius 2 is 1.85 bits per heavy atom. The van der Waals surface area contributed by atoms with Crippen LogP contribution in [0, 0.1) is 0 Å². The Morgan fingerprint density at radius 3 is 2.54 bits per heavy atom. The van der Waals surface area contributed by atoms with Crippen LogP contribution in [0.4, 0.5) is 0 Å². The summed E-state index contributed by atoms with van der Waals surface area (Å²) in [5.41, 5.74) is 3.06. The minimum absolute atomic E-state index is 0.287. The van der Waals surface area contributed by atoms with Crippen LogP contribution in [0.2, 0.25) is 0 Å². The molecule has 2 aromatic carbocycles. The molecular weight excluding hydrogens is 414 g/mol. The Balaban J connectivity index is 1.75. The van der Waals surface area contributed by atoms with Crippen LogP contribution in [0.15, 0.2) is 63.2 Å². The van der Waals surface area contributed by atoms with Gasteiger partial charge in [0.25, 0.3) is 5.56 Å². The second-order valence-corrected chi connectivity index (χ2v) is 7.46. The molecule has 2 aromatic heterocycles. The zero-order chi connectivity index (χ0) is 18.1. The monoisotopic (exact) mass is 427 g/mol. The first-order chi connectivity index (χ1) is 12.6. The van der Waals surface area contributed by atoms with Gasteiger partial charge in [-0.2, -0.15) is 10.1 Å². The van der Waals surface area contributed by atoms with Gasteiger partial charge in [0.1, 0.15) is 11.4 Å². The maximum Gasteiger partial charge on any atom is 0.296 e. The molecule has 0 bridgehead atoms. The van der Waals surface area contributed by atoms with E-state index in [0.717, 1.165) is 27.0 Å². The topological polar surface area (TPSA) is 56.5 Å². The van der Waals surface area contributed by atoms with Crippen LogP contribution in [0.5, 0.6) is 5.75 Å². The number of halogens is 1. The van der Waals surface area contributed by atoms with Gasteiger partial charge in [-0.15, -0.1) is 11.3 Å². The molecule has 7 heteroatoms. The molecule has 0 amide bonds. The van der Waals surface area contributed by atoms with Crippen molar-refractivity contribution in [1.82, 2.24) is 14.6 Å². The van der Waals surface area contributed by atoms with Gasteiger partial charge in [-0.1, -0.05) is 40.2 Å². The number of ether oxygens (including phenoxy) is 1. The maximum atomic E-state index is 12.3. The third-order valence-electron chi connectivity index (χ3n) is 4.02. The Labute approximate surface area is 162 Å². The number of nitrogens with zero attached hydrogens (tertiary/aromatic N) is 3. The smallest absolute Gasteiger partial charge is 0.296 e. The van der Waals surface area contributed by atoms with E-state index in [0.29, 0.717) is 17.1 Å². The molecular formula is C19H14BrN3O2S. The molecule has 0 fully saturated rings. The van der Waals surface area contributed by atoms with E-state index in [4.69, 9.17) is 4.74 Å². The summed E-state index contributed by atoms with van der Waals surface area (Å²) in [6.07, 6.45) is 0.425. The highest BCUT2D eigenvalue weighted by Gasteiger charge is 2.12. The number of methoxy groups -OCH3 is 1. The fourth-order valence-electron chi connectivity index (χ4n) is 2.66. The molecule has 0 atom stereocenters. The van der Waals surface area contributed by atoms with E-state index in [-0.39, 0.29) is 5.56 Å². The second kappa shape index (κ2) is 7.01. The summed E-state index contributed by atoms with van der Waals surface area (Å²) in [6.45, 7) is 0. The molecule has 0 aliphatic heterocycles. The van der Waals surface area contributed by atoms with Crippen LogP contribution in [-0.2, 0) is 6.42 Å². The predicted molar refractivity (Wildman–Crippen MR) is 106 cm³/mol. The van der Waals surface area contributed by atoms with Crippen LogP contribution < -0.4 is 10.3 Å². The molecule has 0 spiro atoms. The third kappa shape index (κ3) is 3.27. The minimum atomic E-state index is -0.287. The summed E-state index contributed by atoms with van der Waals surface area (Å²) in [5.74, 6) is 0.780. The van der Waals surface area contributed by atoms with Gasteiger partial charge in [-0.05, 0) is 29.8 Å². The molecule has 5 nitrogen and oxygen atoms in total. The predicted octanol–water partition coefficient (Wildman–Crippen LogP) is 4.18. The van der Waals surface area contributed by atoms with Crippen molar-refractivity contribution in [2.24, 2.45) is 0 Å². The summed E-state index contributed by atoms with van der Waals surface area (Å²) >= 11 is 4.85. The molecule has 0 aliphatic rings. The maximum absolute atomic E-state index is 12.3. The largest absolute Gasteiger partial charge is 0.497 e. The van der Waals surface area contributed by atoms with Crippen molar-refractivity contribution >= 4 is 32.2 Å². The van der Waals surface area contributed by atoms with Gasteiger partial charge >= 0.3 is 0 Å². The molecule has 0 N–H and O–H groups in total. The number of benzene rings is 2. The van der Waals surface area contributed by atoms with Crippen LogP contribution in [-0.4, -0.2) is 21.7 Å². The van der Waals surface area contributed by atoms with Crippen molar-refractivity contribution in [3.05, 3.63) is 80.0 Å². The Bertz CT molecular complexity index is 1120. The number of fused-ring (bicyclic) bond motifs is 1. The van der Waals surface area contributed by atoms with Crippen LogP contribution >= 0.6 is 27.3 Å². The Hall–Kier alpha value is -2.51. The highest BCUT2D eigenvalue weighted by molar-refractivity contribution is 9.10. The fraction of sp³-hybridized carbons (Fsp3) is 0.105. The zero-order valence-corrected chi connectivity index (χ0v) is 16.3. The number of thiazole rings is 1. The summed E-state index contributed by atoms with van der Waals surface area (Å²) in [6, 6.07) is 15.6. The van der Waals surface area contributed by atoms with Gasteiger partial charge in [0.15, 0.2) is 0 Å². The van der Waals surface area contributed by atoms with E-state index < -0.39 is 0 Å². The fourth-order valence-corrected chi connectivity index (χ4v) is 3.75. The first-order valence-corrected chi connectivity index (χ1v) is 9.57. The quantitative estimate of drug-likeness (QED) is 0.490. The zero-order valence-electron chi connectivity index (χ0n) is 13.8. The second-order valence-electron chi connectivity index (χ2n) is 5.71. The lowest BCUT2D eigenvalue weighted by Gasteiger charge is -2.05. The van der Waals surface area contributed by atoms with Gasteiger partial charge in [0.05, 0.1) is 12.8 Å². The number of hydrogen-bond donors (Lipinski definition) is 0. The first-order valence-electron chi connectivity index (χ1n) is 7.90. The lowest BCUT2D eigenvalue weighted by atomic mass is 10.1. The molecule has 2 heterocycles. The van der Waals surface area contributed by atoms with Gasteiger partial charge in [-0.25, -0.2) is 4.52 Å². The van der Waals surface area contributed by atoms with Crippen molar-refractivity contribution in [3.8, 4) is 17.0 Å². The van der Waals surface area contributed by atoms with Crippen LogP contribution in [0.3, 0.4) is 0 Å². The average Bonchev–Trinajstić information content (AvgIpc) is 3.06. The molecule has 4 rings (SSSR count). The third-order valence-corrected chi connectivity index (χ3v) is 5.37. The standard InChI is InChI=1S/C19H14BrN3O2S/c1-25-15-8-2-12(3-9-15)10-16-18(24)21-19-23(22-16)17(11-26-19)13-4-6-14(20)7-5-13/h2-9,11H,10H2,1H3. The summed E-state index contributed by atoms with van der Waals surface area (Å²) in [5, 5.41) is 6.55. The summed E-state index contributed by atoms with van der Waals surface area (Å²) in [7, 11) is 1.63. The van der Waals surface area contributed by atoms with Crippen LogP contribution in [0.1, 0.15) is 11.3 Å². The molecule has 4 aromatic rings.